The fraction of sp³-hybridized carbons (Fsp3) is 0.389. The number of hydrogen-bond acceptors (Lipinski definition) is 4. The number of aromatic nitrogens is 1. The Morgan fingerprint density at radius 2 is 1.92 bits per heavy atom. The van der Waals surface area contributed by atoms with Crippen molar-refractivity contribution in [2.24, 2.45) is 0 Å². The molecule has 0 aliphatic carbocycles. The summed E-state index contributed by atoms with van der Waals surface area (Å²) in [6.45, 7) is 7.81. The van der Waals surface area contributed by atoms with E-state index in [0.717, 1.165) is 10.5 Å². The smallest absolute Gasteiger partial charge is 0.325 e. The van der Waals surface area contributed by atoms with Crippen molar-refractivity contribution >= 4 is 11.9 Å². The summed E-state index contributed by atoms with van der Waals surface area (Å²) >= 11 is 0. The van der Waals surface area contributed by atoms with E-state index in [2.05, 4.69) is 24.3 Å². The molecule has 1 N–H and O–H groups in total. The molecule has 126 valence electrons. The van der Waals surface area contributed by atoms with Gasteiger partial charge in [-0.05, 0) is 30.9 Å². The summed E-state index contributed by atoms with van der Waals surface area (Å²) in [7, 11) is 0. The number of benzene rings is 1. The van der Waals surface area contributed by atoms with E-state index in [1.54, 1.807) is 19.9 Å². The Bertz CT molecular complexity index is 779. The van der Waals surface area contributed by atoms with E-state index in [1.807, 2.05) is 24.3 Å². The molecule has 1 atom stereocenters. The lowest BCUT2D eigenvalue weighted by Crippen LogP contribution is -2.40. The van der Waals surface area contributed by atoms with Crippen LogP contribution >= 0.6 is 0 Å². The molecule has 1 fully saturated rings. The maximum absolute atomic E-state index is 12.8. The van der Waals surface area contributed by atoms with Crippen molar-refractivity contribution in [2.45, 2.75) is 45.7 Å². The third-order valence-electron chi connectivity index (χ3n) is 4.42. The van der Waals surface area contributed by atoms with Crippen molar-refractivity contribution in [3.05, 3.63) is 52.9 Å². The van der Waals surface area contributed by atoms with E-state index in [-0.39, 0.29) is 12.5 Å². The van der Waals surface area contributed by atoms with Crippen molar-refractivity contribution in [1.29, 1.82) is 0 Å². The molecule has 3 amide bonds. The Morgan fingerprint density at radius 3 is 2.46 bits per heavy atom. The molecule has 0 bridgehead atoms. The van der Waals surface area contributed by atoms with E-state index < -0.39 is 11.6 Å². The molecule has 6 nitrogen and oxygen atoms in total. The van der Waals surface area contributed by atoms with Gasteiger partial charge in [-0.25, -0.2) is 4.79 Å². The van der Waals surface area contributed by atoms with Crippen LogP contribution in [-0.2, 0) is 16.9 Å². The fourth-order valence-electron chi connectivity index (χ4n) is 2.88. The zero-order valence-electron chi connectivity index (χ0n) is 14.3. The van der Waals surface area contributed by atoms with E-state index in [4.69, 9.17) is 4.52 Å². The lowest BCUT2D eigenvalue weighted by atomic mass is 9.90. The molecule has 1 aliphatic heterocycles. The lowest BCUT2D eigenvalue weighted by molar-refractivity contribution is -0.131. The van der Waals surface area contributed by atoms with E-state index in [0.29, 0.717) is 17.4 Å². The van der Waals surface area contributed by atoms with Crippen LogP contribution in [0.15, 0.2) is 34.9 Å². The highest BCUT2D eigenvalue weighted by Crippen LogP contribution is 2.30. The van der Waals surface area contributed by atoms with Gasteiger partial charge in [-0.1, -0.05) is 43.3 Å². The van der Waals surface area contributed by atoms with Gasteiger partial charge in [0, 0.05) is 6.07 Å². The number of aryl methyl sites for hydroxylation is 1. The van der Waals surface area contributed by atoms with Gasteiger partial charge in [0.15, 0.2) is 5.76 Å². The molecule has 1 aromatic carbocycles. The standard InChI is InChI=1S/C18H21N3O3/c1-11(2)13-5-7-14(8-6-13)18(4)16(22)21(17(23)19-18)10-15-9-12(3)20-24-15/h5-9,11H,10H2,1-4H3,(H,19,23)/t18-/m0/s1. The first-order chi connectivity index (χ1) is 11.3. The Kier molecular flexibility index (Phi) is 3.91. The van der Waals surface area contributed by atoms with Gasteiger partial charge in [0.2, 0.25) is 0 Å². The number of rotatable bonds is 4. The molecule has 3 rings (SSSR count). The summed E-state index contributed by atoms with van der Waals surface area (Å²) in [5.41, 5.74) is 1.60. The maximum Gasteiger partial charge on any atom is 0.325 e. The Hall–Kier alpha value is -2.63. The normalized spacial score (nSPS) is 20.8. The third-order valence-corrected chi connectivity index (χ3v) is 4.42. The van der Waals surface area contributed by atoms with Gasteiger partial charge < -0.3 is 9.84 Å². The summed E-state index contributed by atoms with van der Waals surface area (Å²) < 4.78 is 5.11. The highest BCUT2D eigenvalue weighted by Gasteiger charge is 2.49. The van der Waals surface area contributed by atoms with E-state index in [1.165, 1.54) is 5.56 Å². The molecular weight excluding hydrogens is 306 g/mol. The minimum atomic E-state index is -1.07. The number of nitrogens with zero attached hydrogens (tertiary/aromatic N) is 2. The SMILES string of the molecule is Cc1cc(CN2C(=O)N[C@@](C)(c3ccc(C(C)C)cc3)C2=O)on1. The van der Waals surface area contributed by atoms with Crippen LogP contribution in [0, 0.1) is 6.92 Å². The summed E-state index contributed by atoms with van der Waals surface area (Å²) in [6, 6.07) is 9.07. The summed E-state index contributed by atoms with van der Waals surface area (Å²) in [4.78, 5) is 26.3. The van der Waals surface area contributed by atoms with E-state index >= 15 is 0 Å². The number of hydrogen-bond donors (Lipinski definition) is 1. The summed E-state index contributed by atoms with van der Waals surface area (Å²) in [5, 5.41) is 6.58. The third kappa shape index (κ3) is 2.68. The second-order valence-electron chi connectivity index (χ2n) is 6.66. The highest BCUT2D eigenvalue weighted by molar-refractivity contribution is 6.07. The number of urea groups is 1. The summed E-state index contributed by atoms with van der Waals surface area (Å²) in [6.07, 6.45) is 0. The molecule has 2 aromatic rings. The van der Waals surface area contributed by atoms with Crippen molar-refractivity contribution in [1.82, 2.24) is 15.4 Å². The first kappa shape index (κ1) is 16.2. The molecule has 0 saturated carbocycles. The molecule has 0 unspecified atom stereocenters. The first-order valence-electron chi connectivity index (χ1n) is 7.98. The number of carbonyl (C=O) groups is 2. The van der Waals surface area contributed by atoms with Gasteiger partial charge in [-0.2, -0.15) is 0 Å². The summed E-state index contributed by atoms with van der Waals surface area (Å²) in [5.74, 6) is 0.598. The van der Waals surface area contributed by atoms with Crippen LogP contribution in [-0.4, -0.2) is 22.0 Å². The lowest BCUT2D eigenvalue weighted by Gasteiger charge is -2.22. The van der Waals surface area contributed by atoms with Crippen molar-refractivity contribution in [3.63, 3.8) is 0 Å². The molecule has 1 aliphatic rings. The molecule has 6 heteroatoms. The molecule has 0 spiro atoms. The highest BCUT2D eigenvalue weighted by atomic mass is 16.5. The average molecular weight is 327 g/mol. The number of amides is 3. The van der Waals surface area contributed by atoms with Gasteiger partial charge in [0.05, 0.1) is 12.2 Å². The molecule has 0 radical (unpaired) electrons. The predicted octanol–water partition coefficient (Wildman–Crippen LogP) is 3.07. The predicted molar refractivity (Wildman–Crippen MR) is 88.2 cm³/mol. The average Bonchev–Trinajstić information content (AvgIpc) is 3.05. The minimum Gasteiger partial charge on any atom is -0.359 e. The molecule has 1 aromatic heterocycles. The Labute approximate surface area is 140 Å². The minimum absolute atomic E-state index is 0.0746. The van der Waals surface area contributed by atoms with Gasteiger partial charge in [0.1, 0.15) is 5.54 Å². The molecule has 2 heterocycles. The first-order valence-corrected chi connectivity index (χ1v) is 7.98. The second kappa shape index (κ2) is 5.78. The maximum atomic E-state index is 12.8. The molecule has 1 saturated heterocycles. The Morgan fingerprint density at radius 1 is 1.25 bits per heavy atom. The van der Waals surface area contributed by atoms with Crippen LogP contribution in [0.4, 0.5) is 4.79 Å². The number of imide groups is 1. The van der Waals surface area contributed by atoms with E-state index in [9.17, 15) is 9.59 Å². The van der Waals surface area contributed by atoms with Crippen LogP contribution in [0.5, 0.6) is 0 Å². The van der Waals surface area contributed by atoms with Gasteiger partial charge in [-0.3, -0.25) is 9.69 Å². The van der Waals surface area contributed by atoms with Gasteiger partial charge >= 0.3 is 6.03 Å². The number of nitrogens with one attached hydrogen (secondary N) is 1. The van der Waals surface area contributed by atoms with Crippen molar-refractivity contribution < 1.29 is 14.1 Å². The quantitative estimate of drug-likeness (QED) is 0.876. The fourth-order valence-corrected chi connectivity index (χ4v) is 2.88. The van der Waals surface area contributed by atoms with Gasteiger partial charge in [-0.15, -0.1) is 0 Å². The van der Waals surface area contributed by atoms with Crippen LogP contribution in [0.25, 0.3) is 0 Å². The zero-order chi connectivity index (χ0) is 17.5. The van der Waals surface area contributed by atoms with Crippen molar-refractivity contribution in [3.8, 4) is 0 Å². The largest absolute Gasteiger partial charge is 0.359 e. The van der Waals surface area contributed by atoms with Crippen LogP contribution in [0.2, 0.25) is 0 Å². The molecular formula is C18H21N3O3. The topological polar surface area (TPSA) is 75.4 Å². The van der Waals surface area contributed by atoms with Crippen LogP contribution in [0.3, 0.4) is 0 Å². The van der Waals surface area contributed by atoms with Crippen molar-refractivity contribution in [2.75, 3.05) is 0 Å². The Balaban J connectivity index is 1.86. The number of carbonyl (C=O) groups excluding carboxylic acids is 2. The van der Waals surface area contributed by atoms with Crippen LogP contribution in [0.1, 0.15) is 49.3 Å². The second-order valence-corrected chi connectivity index (χ2v) is 6.66. The molecule has 24 heavy (non-hydrogen) atoms. The zero-order valence-corrected chi connectivity index (χ0v) is 14.3. The van der Waals surface area contributed by atoms with Gasteiger partial charge in [0.25, 0.3) is 5.91 Å². The van der Waals surface area contributed by atoms with Crippen LogP contribution < -0.4 is 5.32 Å². The monoisotopic (exact) mass is 327 g/mol.